The van der Waals surface area contributed by atoms with Gasteiger partial charge < -0.3 is 4.90 Å². The first-order valence-corrected chi connectivity index (χ1v) is 9.28. The van der Waals surface area contributed by atoms with Crippen LogP contribution in [0.5, 0.6) is 0 Å². The van der Waals surface area contributed by atoms with Gasteiger partial charge in [0.05, 0.1) is 18.0 Å². The van der Waals surface area contributed by atoms with Crippen LogP contribution in [0.15, 0.2) is 47.4 Å². The maximum absolute atomic E-state index is 12.5. The average molecular weight is 345 g/mol. The van der Waals surface area contributed by atoms with Crippen molar-refractivity contribution >= 4 is 29.0 Å². The average Bonchev–Trinajstić information content (AvgIpc) is 2.84. The van der Waals surface area contributed by atoms with E-state index in [2.05, 4.69) is 13.8 Å². The Bertz CT molecular complexity index is 620. The van der Waals surface area contributed by atoms with E-state index in [9.17, 15) is 9.59 Å². The first kappa shape index (κ1) is 18.5. The number of thioether (sulfide) groups is 1. The molecule has 5 heteroatoms. The maximum Gasteiger partial charge on any atom is 0.298 e. The van der Waals surface area contributed by atoms with Gasteiger partial charge >= 0.3 is 0 Å². The molecule has 128 valence electrons. The minimum absolute atomic E-state index is 0.163. The van der Waals surface area contributed by atoms with Gasteiger partial charge in [0.1, 0.15) is 0 Å². The second-order valence-corrected chi connectivity index (χ2v) is 6.80. The van der Waals surface area contributed by atoms with Crippen molar-refractivity contribution in [1.82, 2.24) is 4.90 Å². The summed E-state index contributed by atoms with van der Waals surface area (Å²) in [6.07, 6.45) is 7.58. The third kappa shape index (κ3) is 5.08. The maximum atomic E-state index is 12.5. The molecular weight excluding hydrogens is 320 g/mol. The molecule has 0 saturated carbocycles. The fraction of sp³-hybridized carbons (Fsp3) is 0.368. The molecule has 1 aromatic carbocycles. The van der Waals surface area contributed by atoms with Crippen LogP contribution in [-0.4, -0.2) is 35.8 Å². The smallest absolute Gasteiger partial charge is 0.298 e. The molecule has 0 radical (unpaired) electrons. The van der Waals surface area contributed by atoms with E-state index in [4.69, 9.17) is 0 Å². The molecule has 0 aliphatic carbocycles. The Labute approximate surface area is 148 Å². The van der Waals surface area contributed by atoms with Gasteiger partial charge in [0.2, 0.25) is 0 Å². The summed E-state index contributed by atoms with van der Waals surface area (Å²) in [5, 5.41) is -0.163. The minimum Gasteiger partial charge on any atom is -0.317 e. The molecule has 1 heterocycles. The van der Waals surface area contributed by atoms with Gasteiger partial charge in [-0.2, -0.15) is 0 Å². The largest absolute Gasteiger partial charge is 0.317 e. The molecule has 1 fully saturated rings. The number of amides is 2. The molecule has 4 nitrogen and oxygen atoms in total. The molecule has 1 aliphatic heterocycles. The topological polar surface area (TPSA) is 41.8 Å². The molecule has 1 aliphatic rings. The zero-order valence-corrected chi connectivity index (χ0v) is 15.1. The summed E-state index contributed by atoms with van der Waals surface area (Å²) >= 11 is 1.03. The predicted molar refractivity (Wildman–Crippen MR) is 99.5 cm³/mol. The van der Waals surface area contributed by atoms with E-state index in [1.807, 2.05) is 42.5 Å². The van der Waals surface area contributed by atoms with Crippen molar-refractivity contribution in [1.29, 1.82) is 0 Å². The summed E-state index contributed by atoms with van der Waals surface area (Å²) in [5.74, 6) is -0.174. The number of allylic oxidation sites excluding steroid dienone is 2. The van der Waals surface area contributed by atoms with Gasteiger partial charge in [-0.3, -0.25) is 9.59 Å². The lowest BCUT2D eigenvalue weighted by atomic mass is 10.2. The first-order valence-electron chi connectivity index (χ1n) is 8.46. The number of nitrogens with one attached hydrogen (secondary N) is 1. The zero-order chi connectivity index (χ0) is 17.4. The molecule has 0 unspecified atom stereocenters. The Hall–Kier alpha value is -1.85. The number of benzene rings is 1. The number of quaternary nitrogens is 1. The SMILES string of the molecule is CCC[NH+](CCC)CN1C(=O)S/C(=C\C=C\c2ccccc2)C1=O. The van der Waals surface area contributed by atoms with Crippen molar-refractivity contribution in [3.8, 4) is 0 Å². The molecule has 0 spiro atoms. The summed E-state index contributed by atoms with van der Waals surface area (Å²) in [5.41, 5.74) is 1.06. The molecule has 1 aromatic rings. The molecule has 0 aromatic heterocycles. The summed E-state index contributed by atoms with van der Waals surface area (Å²) in [6, 6.07) is 9.88. The lowest BCUT2D eigenvalue weighted by Gasteiger charge is -2.22. The summed E-state index contributed by atoms with van der Waals surface area (Å²) in [7, 11) is 0. The highest BCUT2D eigenvalue weighted by molar-refractivity contribution is 8.18. The predicted octanol–water partition coefficient (Wildman–Crippen LogP) is 2.94. The number of hydrogen-bond acceptors (Lipinski definition) is 3. The highest BCUT2D eigenvalue weighted by Gasteiger charge is 2.36. The van der Waals surface area contributed by atoms with Gasteiger partial charge in [-0.1, -0.05) is 56.3 Å². The van der Waals surface area contributed by atoms with Gasteiger partial charge in [0.25, 0.3) is 11.1 Å². The fourth-order valence-corrected chi connectivity index (χ4v) is 3.46. The Morgan fingerprint density at radius 2 is 1.75 bits per heavy atom. The van der Waals surface area contributed by atoms with Gasteiger partial charge in [0, 0.05) is 0 Å². The lowest BCUT2D eigenvalue weighted by molar-refractivity contribution is -0.907. The Kier molecular flexibility index (Phi) is 7.28. The highest BCUT2D eigenvalue weighted by atomic mass is 32.2. The van der Waals surface area contributed by atoms with Crippen molar-refractivity contribution in [2.75, 3.05) is 19.8 Å². The van der Waals surface area contributed by atoms with Crippen LogP contribution in [0.2, 0.25) is 0 Å². The Morgan fingerprint density at radius 3 is 2.38 bits per heavy atom. The lowest BCUT2D eigenvalue weighted by Crippen LogP contribution is -3.13. The minimum atomic E-state index is -0.174. The van der Waals surface area contributed by atoms with E-state index in [-0.39, 0.29) is 11.1 Å². The van der Waals surface area contributed by atoms with Crippen molar-refractivity contribution < 1.29 is 14.5 Å². The number of carbonyl (C=O) groups is 2. The van der Waals surface area contributed by atoms with Crippen LogP contribution in [0, 0.1) is 0 Å². The van der Waals surface area contributed by atoms with Gasteiger partial charge in [0.15, 0.2) is 6.67 Å². The summed E-state index contributed by atoms with van der Waals surface area (Å²) < 4.78 is 0. The number of imide groups is 1. The Morgan fingerprint density at radius 1 is 1.08 bits per heavy atom. The standard InChI is InChI=1S/C19H24N2O2S/c1-3-13-20(14-4-2)15-21-18(22)17(24-19(21)23)12-8-11-16-9-6-5-7-10-16/h5-12H,3-4,13-15H2,1-2H3/p+1/b11-8+,17-12-. The van der Waals surface area contributed by atoms with Crippen LogP contribution < -0.4 is 4.90 Å². The number of nitrogens with zero attached hydrogens (tertiary/aromatic N) is 1. The third-order valence-electron chi connectivity index (χ3n) is 3.80. The quantitative estimate of drug-likeness (QED) is 0.737. The van der Waals surface area contributed by atoms with Gasteiger partial charge in [-0.25, -0.2) is 4.90 Å². The molecule has 0 atom stereocenters. The molecule has 1 N–H and O–H groups in total. The van der Waals surface area contributed by atoms with Crippen LogP contribution in [0.3, 0.4) is 0 Å². The number of rotatable bonds is 8. The second kappa shape index (κ2) is 9.45. The number of hydrogen-bond donors (Lipinski definition) is 1. The molecule has 2 rings (SSSR count). The van der Waals surface area contributed by atoms with Crippen molar-refractivity contribution in [3.05, 3.63) is 53.0 Å². The van der Waals surface area contributed by atoms with Crippen LogP contribution in [0.4, 0.5) is 4.79 Å². The van der Waals surface area contributed by atoms with Crippen LogP contribution >= 0.6 is 11.8 Å². The van der Waals surface area contributed by atoms with E-state index < -0.39 is 0 Å². The fourth-order valence-electron chi connectivity index (χ4n) is 2.68. The highest BCUT2D eigenvalue weighted by Crippen LogP contribution is 2.29. The third-order valence-corrected chi connectivity index (χ3v) is 4.72. The normalized spacial score (nSPS) is 17.0. The van der Waals surface area contributed by atoms with E-state index >= 15 is 0 Å². The van der Waals surface area contributed by atoms with Crippen molar-refractivity contribution in [3.63, 3.8) is 0 Å². The van der Waals surface area contributed by atoms with Gasteiger partial charge in [-0.15, -0.1) is 0 Å². The Balaban J connectivity index is 2.02. The van der Waals surface area contributed by atoms with E-state index in [1.54, 1.807) is 6.08 Å². The molecule has 1 saturated heterocycles. The summed E-state index contributed by atoms with van der Waals surface area (Å²) in [4.78, 5) is 27.8. The zero-order valence-electron chi connectivity index (χ0n) is 14.3. The first-order chi connectivity index (χ1) is 11.7. The van der Waals surface area contributed by atoms with Crippen LogP contribution in [0.25, 0.3) is 6.08 Å². The van der Waals surface area contributed by atoms with Gasteiger partial charge in [-0.05, 0) is 36.2 Å². The molecule has 24 heavy (non-hydrogen) atoms. The van der Waals surface area contributed by atoms with E-state index in [0.717, 1.165) is 43.3 Å². The monoisotopic (exact) mass is 345 g/mol. The molecule has 0 bridgehead atoms. The second-order valence-electron chi connectivity index (χ2n) is 5.81. The summed E-state index contributed by atoms with van der Waals surface area (Å²) in [6.45, 7) is 6.66. The van der Waals surface area contributed by atoms with Crippen LogP contribution in [-0.2, 0) is 4.79 Å². The van der Waals surface area contributed by atoms with Crippen molar-refractivity contribution in [2.24, 2.45) is 0 Å². The molecule has 2 amide bonds. The molecular formula is C19H25N2O2S+. The van der Waals surface area contributed by atoms with E-state index in [1.165, 1.54) is 9.80 Å². The number of carbonyl (C=O) groups excluding carboxylic acids is 2. The van der Waals surface area contributed by atoms with E-state index in [0.29, 0.717) is 11.6 Å². The van der Waals surface area contributed by atoms with Crippen molar-refractivity contribution in [2.45, 2.75) is 26.7 Å². The van der Waals surface area contributed by atoms with Crippen LogP contribution in [0.1, 0.15) is 32.3 Å².